The number of amides is 3. The Hall–Kier alpha value is -2.73. The lowest BCUT2D eigenvalue weighted by Crippen LogP contribution is -2.58. The van der Waals surface area contributed by atoms with Crippen LogP contribution in [0.25, 0.3) is 0 Å². The van der Waals surface area contributed by atoms with Crippen LogP contribution in [0.2, 0.25) is 0 Å². The monoisotopic (exact) mass is 498 g/mol. The van der Waals surface area contributed by atoms with E-state index >= 15 is 0 Å². The second-order valence-electron chi connectivity index (χ2n) is 10.6. The number of nitrogens with one attached hydrogen (secondary N) is 1. The van der Waals surface area contributed by atoms with Crippen LogP contribution in [-0.4, -0.2) is 76.0 Å². The van der Waals surface area contributed by atoms with E-state index in [1.165, 1.54) is 0 Å². The number of carbonyl (C=O) groups is 3. The van der Waals surface area contributed by atoms with Crippen molar-refractivity contribution in [2.75, 3.05) is 24.6 Å². The highest BCUT2D eigenvalue weighted by molar-refractivity contribution is 7.99. The third kappa shape index (κ3) is 5.75. The van der Waals surface area contributed by atoms with Crippen LogP contribution in [0.15, 0.2) is 30.3 Å². The van der Waals surface area contributed by atoms with Crippen molar-refractivity contribution in [3.05, 3.63) is 35.9 Å². The van der Waals surface area contributed by atoms with Gasteiger partial charge in [-0.15, -0.1) is 0 Å². The van der Waals surface area contributed by atoms with Gasteiger partial charge in [-0.3, -0.25) is 9.59 Å². The number of ether oxygens (including phenoxy) is 1. The van der Waals surface area contributed by atoms with E-state index in [0.717, 1.165) is 24.2 Å². The van der Waals surface area contributed by atoms with Gasteiger partial charge in [0.1, 0.15) is 17.7 Å². The van der Waals surface area contributed by atoms with Crippen LogP contribution in [-0.2, 0) is 14.3 Å². The van der Waals surface area contributed by atoms with E-state index in [2.05, 4.69) is 11.4 Å². The molecule has 1 N–H and O–H groups in total. The highest BCUT2D eigenvalue weighted by Gasteiger charge is 2.47. The molecule has 188 valence electrons. The Kier molecular flexibility index (Phi) is 7.60. The van der Waals surface area contributed by atoms with Gasteiger partial charge in [-0.2, -0.15) is 17.0 Å². The van der Waals surface area contributed by atoms with Gasteiger partial charge in [0.05, 0.1) is 12.0 Å². The zero-order valence-electron chi connectivity index (χ0n) is 20.6. The van der Waals surface area contributed by atoms with Crippen LogP contribution in [0.4, 0.5) is 4.79 Å². The van der Waals surface area contributed by atoms with Crippen molar-refractivity contribution >= 4 is 29.7 Å². The highest BCUT2D eigenvalue weighted by Crippen LogP contribution is 2.36. The van der Waals surface area contributed by atoms with Gasteiger partial charge < -0.3 is 19.9 Å². The van der Waals surface area contributed by atoms with Crippen LogP contribution < -0.4 is 5.32 Å². The number of alkyl carbamates (subject to hydrolysis) is 1. The maximum Gasteiger partial charge on any atom is 0.408 e. The van der Waals surface area contributed by atoms with Crippen molar-refractivity contribution in [1.29, 1.82) is 5.26 Å². The fourth-order valence-electron chi connectivity index (χ4n) is 5.33. The smallest absolute Gasteiger partial charge is 0.408 e. The molecule has 3 aliphatic rings. The molecule has 0 radical (unpaired) electrons. The molecule has 3 fully saturated rings. The minimum atomic E-state index is -0.742. The second kappa shape index (κ2) is 10.5. The molecule has 35 heavy (non-hydrogen) atoms. The summed E-state index contributed by atoms with van der Waals surface area (Å²) in [5, 5.41) is 12.5. The first-order chi connectivity index (χ1) is 16.7. The molecular formula is C26H34N4O4S. The number of benzene rings is 1. The van der Waals surface area contributed by atoms with Crippen molar-refractivity contribution in [1.82, 2.24) is 15.1 Å². The standard InChI is InChI=1S/C26H34N4O4S/c1-26(2,3)34-25(33)28-21-16-35-12-11-19-9-10-22(30(19)23(21)31)24(32)29-14-18(13-27)20(15-29)17-7-5-4-6-8-17/h4-8,18-22H,9-12,14-16H2,1-3H3,(H,28,33)/t18-,19+,20+,21-,22-/m0/s1. The van der Waals surface area contributed by atoms with E-state index in [9.17, 15) is 19.6 Å². The summed E-state index contributed by atoms with van der Waals surface area (Å²) in [6, 6.07) is 10.9. The van der Waals surface area contributed by atoms with Gasteiger partial charge in [0.15, 0.2) is 0 Å². The molecule has 4 rings (SSSR count). The van der Waals surface area contributed by atoms with E-state index in [1.54, 1.807) is 42.3 Å². The SMILES string of the molecule is CC(C)(C)OC(=O)N[C@H]1CSCC[C@H]2CC[C@@H](C(=O)N3C[C@H](c4ccccc4)[C@@H](C#N)C3)N2C1=O. The van der Waals surface area contributed by atoms with Crippen molar-refractivity contribution in [2.45, 2.75) is 69.7 Å². The Bertz CT molecular complexity index is 989. The topological polar surface area (TPSA) is 103 Å². The largest absolute Gasteiger partial charge is 0.444 e. The molecule has 0 aliphatic carbocycles. The number of rotatable bonds is 3. The molecular weight excluding hydrogens is 464 g/mol. The molecule has 0 bridgehead atoms. The number of thioether (sulfide) groups is 1. The average molecular weight is 499 g/mol. The number of hydrogen-bond acceptors (Lipinski definition) is 6. The predicted molar refractivity (Wildman–Crippen MR) is 134 cm³/mol. The quantitative estimate of drug-likeness (QED) is 0.687. The summed E-state index contributed by atoms with van der Waals surface area (Å²) >= 11 is 1.64. The first-order valence-electron chi connectivity index (χ1n) is 12.3. The third-order valence-electron chi connectivity index (χ3n) is 6.94. The molecule has 1 aromatic rings. The summed E-state index contributed by atoms with van der Waals surface area (Å²) in [7, 11) is 0. The summed E-state index contributed by atoms with van der Waals surface area (Å²) in [4.78, 5) is 43.2. The molecule has 0 spiro atoms. The normalized spacial score (nSPS) is 29.1. The molecule has 0 saturated carbocycles. The van der Waals surface area contributed by atoms with E-state index in [4.69, 9.17) is 4.74 Å². The van der Waals surface area contributed by atoms with E-state index in [0.29, 0.717) is 25.3 Å². The van der Waals surface area contributed by atoms with E-state index < -0.39 is 23.8 Å². The minimum absolute atomic E-state index is 0.0218. The minimum Gasteiger partial charge on any atom is -0.444 e. The molecule has 0 aromatic heterocycles. The van der Waals surface area contributed by atoms with Gasteiger partial charge in [0.25, 0.3) is 0 Å². The molecule has 3 saturated heterocycles. The summed E-state index contributed by atoms with van der Waals surface area (Å²) < 4.78 is 5.37. The van der Waals surface area contributed by atoms with Crippen LogP contribution in [0.3, 0.4) is 0 Å². The lowest BCUT2D eigenvalue weighted by molar-refractivity contribution is -0.145. The van der Waals surface area contributed by atoms with Gasteiger partial charge in [0.2, 0.25) is 11.8 Å². The maximum absolute atomic E-state index is 13.7. The maximum atomic E-state index is 13.7. The Balaban J connectivity index is 1.50. The summed E-state index contributed by atoms with van der Waals surface area (Å²) in [6.45, 7) is 6.17. The van der Waals surface area contributed by atoms with Gasteiger partial charge >= 0.3 is 6.09 Å². The molecule has 1 aromatic carbocycles. The lowest BCUT2D eigenvalue weighted by Gasteiger charge is -2.36. The summed E-state index contributed by atoms with van der Waals surface area (Å²) in [6.07, 6.45) is 1.56. The van der Waals surface area contributed by atoms with Gasteiger partial charge in [0, 0.05) is 30.8 Å². The molecule has 8 nitrogen and oxygen atoms in total. The van der Waals surface area contributed by atoms with Crippen molar-refractivity contribution in [2.24, 2.45) is 5.92 Å². The van der Waals surface area contributed by atoms with Gasteiger partial charge in [-0.05, 0) is 51.3 Å². The summed E-state index contributed by atoms with van der Waals surface area (Å²) in [5.41, 5.74) is 0.387. The first-order valence-corrected chi connectivity index (χ1v) is 13.5. The Labute approximate surface area is 211 Å². The fraction of sp³-hybridized carbons (Fsp3) is 0.615. The zero-order chi connectivity index (χ0) is 25.2. The number of nitriles is 1. The average Bonchev–Trinajstić information content (AvgIpc) is 3.43. The van der Waals surface area contributed by atoms with Crippen molar-refractivity contribution in [3.63, 3.8) is 0 Å². The Morgan fingerprint density at radius 1 is 1.14 bits per heavy atom. The van der Waals surface area contributed by atoms with Crippen LogP contribution in [0.5, 0.6) is 0 Å². The second-order valence-corrected chi connectivity index (χ2v) is 11.7. The zero-order valence-corrected chi connectivity index (χ0v) is 21.4. The van der Waals surface area contributed by atoms with E-state index in [1.807, 2.05) is 30.3 Å². The van der Waals surface area contributed by atoms with Crippen LogP contribution in [0.1, 0.15) is 51.5 Å². The van der Waals surface area contributed by atoms with Crippen LogP contribution in [0, 0.1) is 17.2 Å². The molecule has 3 heterocycles. The molecule has 5 atom stereocenters. The number of hydrogen-bond donors (Lipinski definition) is 1. The lowest BCUT2D eigenvalue weighted by atomic mass is 9.90. The molecule has 0 unspecified atom stereocenters. The Morgan fingerprint density at radius 3 is 2.57 bits per heavy atom. The first kappa shape index (κ1) is 25.4. The molecule has 3 amide bonds. The predicted octanol–water partition coefficient (Wildman–Crippen LogP) is 3.14. The summed E-state index contributed by atoms with van der Waals surface area (Å²) in [5.74, 6) is 0.669. The number of nitrogens with zero attached hydrogens (tertiary/aromatic N) is 3. The van der Waals surface area contributed by atoms with Crippen molar-refractivity contribution < 1.29 is 19.1 Å². The van der Waals surface area contributed by atoms with Gasteiger partial charge in [-0.25, -0.2) is 4.79 Å². The highest BCUT2D eigenvalue weighted by atomic mass is 32.2. The third-order valence-corrected chi connectivity index (χ3v) is 8.03. The van der Waals surface area contributed by atoms with Crippen LogP contribution >= 0.6 is 11.8 Å². The Morgan fingerprint density at radius 2 is 1.89 bits per heavy atom. The molecule has 9 heteroatoms. The number of likely N-dealkylation sites (tertiary alicyclic amines) is 1. The van der Waals surface area contributed by atoms with Gasteiger partial charge in [-0.1, -0.05) is 30.3 Å². The van der Waals surface area contributed by atoms with Crippen molar-refractivity contribution in [3.8, 4) is 6.07 Å². The van der Waals surface area contributed by atoms with E-state index in [-0.39, 0.29) is 29.7 Å². The number of fused-ring (bicyclic) bond motifs is 1. The molecule has 3 aliphatic heterocycles. The fourth-order valence-corrected chi connectivity index (χ4v) is 6.40. The number of carbonyl (C=O) groups excluding carboxylic acids is 3.